The number of hydrogen-bond acceptors (Lipinski definition) is 3. The number of rotatable bonds is 4. The first-order valence-corrected chi connectivity index (χ1v) is 7.08. The number of ketones is 1. The Hall–Kier alpha value is -1.92. The Morgan fingerprint density at radius 1 is 1.21 bits per heavy atom. The van der Waals surface area contributed by atoms with Crippen molar-refractivity contribution in [1.82, 2.24) is 0 Å². The van der Waals surface area contributed by atoms with E-state index in [4.69, 9.17) is 0 Å². The van der Waals surface area contributed by atoms with Gasteiger partial charge >= 0.3 is 0 Å². The summed E-state index contributed by atoms with van der Waals surface area (Å²) in [5.41, 5.74) is 1.80. The Balaban J connectivity index is 2.26. The second kappa shape index (κ2) is 5.81. The van der Waals surface area contributed by atoms with E-state index in [0.717, 1.165) is 4.88 Å². The van der Waals surface area contributed by atoms with Crippen LogP contribution < -0.4 is 0 Å². The maximum atomic E-state index is 12.3. The summed E-state index contributed by atoms with van der Waals surface area (Å²) in [4.78, 5) is 13.1. The minimum Gasteiger partial charge on any atom is -0.292 e. The lowest BCUT2D eigenvalue weighted by atomic mass is 9.95. The molecule has 2 rings (SSSR count). The van der Waals surface area contributed by atoms with Crippen molar-refractivity contribution in [2.45, 2.75) is 25.7 Å². The lowest BCUT2D eigenvalue weighted by Crippen LogP contribution is -2.10. The van der Waals surface area contributed by atoms with Crippen LogP contribution >= 0.6 is 11.3 Å². The van der Waals surface area contributed by atoms with Gasteiger partial charge in [-0.05, 0) is 22.9 Å². The summed E-state index contributed by atoms with van der Waals surface area (Å²) in [6.45, 7) is 4.22. The molecule has 0 radical (unpaired) electrons. The molecule has 96 valence electrons. The highest BCUT2D eigenvalue weighted by Crippen LogP contribution is 2.25. The number of thiophene rings is 1. The molecule has 1 heterocycles. The first-order chi connectivity index (χ1) is 9.13. The summed E-state index contributed by atoms with van der Waals surface area (Å²) in [5.74, 6) is -0.377. The van der Waals surface area contributed by atoms with Crippen LogP contribution in [-0.4, -0.2) is 5.78 Å². The van der Waals surface area contributed by atoms with Gasteiger partial charge in [0, 0.05) is 10.4 Å². The van der Waals surface area contributed by atoms with Crippen LogP contribution in [0.5, 0.6) is 0 Å². The van der Waals surface area contributed by atoms with E-state index >= 15 is 0 Å². The second-order valence-electron chi connectivity index (χ2n) is 4.72. The maximum absolute atomic E-state index is 12.3. The molecule has 0 N–H and O–H groups in total. The van der Waals surface area contributed by atoms with Gasteiger partial charge < -0.3 is 0 Å². The fourth-order valence-electron chi connectivity index (χ4n) is 1.91. The topological polar surface area (TPSA) is 40.9 Å². The first kappa shape index (κ1) is 13.5. The molecule has 0 aliphatic carbocycles. The van der Waals surface area contributed by atoms with E-state index in [2.05, 4.69) is 19.9 Å². The Morgan fingerprint density at radius 3 is 2.37 bits per heavy atom. The SMILES string of the molecule is CC(C)c1ccc(C(=O)C(C#N)c2cccs2)cc1. The molecule has 3 heteroatoms. The van der Waals surface area contributed by atoms with Crippen LogP contribution in [0, 0.1) is 11.3 Å². The molecule has 1 unspecified atom stereocenters. The molecule has 0 saturated heterocycles. The number of hydrogen-bond donors (Lipinski definition) is 0. The number of benzene rings is 1. The normalized spacial score (nSPS) is 12.1. The van der Waals surface area contributed by atoms with Crippen LogP contribution in [0.4, 0.5) is 0 Å². The predicted molar refractivity (Wildman–Crippen MR) is 77.5 cm³/mol. The van der Waals surface area contributed by atoms with E-state index in [1.807, 2.05) is 41.8 Å². The highest BCUT2D eigenvalue weighted by atomic mass is 32.1. The number of nitrogens with zero attached hydrogens (tertiary/aromatic N) is 1. The molecular weight excluding hydrogens is 254 g/mol. The monoisotopic (exact) mass is 269 g/mol. The van der Waals surface area contributed by atoms with Gasteiger partial charge in [0.2, 0.25) is 0 Å². The number of carbonyl (C=O) groups excluding carboxylic acids is 1. The molecule has 0 amide bonds. The van der Waals surface area contributed by atoms with E-state index in [1.54, 1.807) is 0 Å². The van der Waals surface area contributed by atoms with Crippen molar-refractivity contribution in [3.8, 4) is 6.07 Å². The fraction of sp³-hybridized carbons (Fsp3) is 0.250. The number of nitriles is 1. The molecule has 2 aromatic rings. The molecular formula is C16H15NOS. The van der Waals surface area contributed by atoms with Crippen molar-refractivity contribution in [1.29, 1.82) is 5.26 Å². The summed E-state index contributed by atoms with van der Waals surface area (Å²) in [6, 6.07) is 13.3. The van der Waals surface area contributed by atoms with Crippen LogP contribution in [-0.2, 0) is 0 Å². The van der Waals surface area contributed by atoms with Crippen molar-refractivity contribution in [3.63, 3.8) is 0 Å². The summed E-state index contributed by atoms with van der Waals surface area (Å²) in [5, 5.41) is 11.1. The summed E-state index contributed by atoms with van der Waals surface area (Å²) >= 11 is 1.44. The Morgan fingerprint density at radius 2 is 1.89 bits per heavy atom. The van der Waals surface area contributed by atoms with E-state index in [1.165, 1.54) is 16.9 Å². The molecule has 0 aliphatic rings. The van der Waals surface area contributed by atoms with Gasteiger partial charge in [0.15, 0.2) is 5.78 Å². The molecule has 19 heavy (non-hydrogen) atoms. The Bertz CT molecular complexity index is 591. The first-order valence-electron chi connectivity index (χ1n) is 6.20. The molecule has 0 fully saturated rings. The third-order valence-electron chi connectivity index (χ3n) is 3.08. The average molecular weight is 269 g/mol. The van der Waals surface area contributed by atoms with Crippen molar-refractivity contribution >= 4 is 17.1 Å². The molecule has 2 nitrogen and oxygen atoms in total. The van der Waals surface area contributed by atoms with Crippen LogP contribution in [0.1, 0.15) is 46.5 Å². The van der Waals surface area contributed by atoms with Crippen LogP contribution in [0.15, 0.2) is 41.8 Å². The van der Waals surface area contributed by atoms with Gasteiger partial charge in [-0.25, -0.2) is 0 Å². The van der Waals surface area contributed by atoms with Gasteiger partial charge in [-0.1, -0.05) is 44.2 Å². The third-order valence-corrected chi connectivity index (χ3v) is 4.02. The quantitative estimate of drug-likeness (QED) is 0.774. The third kappa shape index (κ3) is 2.91. The zero-order valence-electron chi connectivity index (χ0n) is 11.0. The summed E-state index contributed by atoms with van der Waals surface area (Å²) < 4.78 is 0. The van der Waals surface area contributed by atoms with Crippen molar-refractivity contribution in [2.24, 2.45) is 0 Å². The van der Waals surface area contributed by atoms with Crippen LogP contribution in [0.2, 0.25) is 0 Å². The van der Waals surface area contributed by atoms with Crippen LogP contribution in [0.25, 0.3) is 0 Å². The van der Waals surface area contributed by atoms with Gasteiger partial charge in [0.25, 0.3) is 0 Å². The molecule has 1 aromatic heterocycles. The molecule has 0 saturated carbocycles. The van der Waals surface area contributed by atoms with Gasteiger partial charge in [-0.3, -0.25) is 4.79 Å². The summed E-state index contributed by atoms with van der Waals surface area (Å²) in [7, 11) is 0. The summed E-state index contributed by atoms with van der Waals surface area (Å²) in [6.07, 6.45) is 0. The van der Waals surface area contributed by atoms with E-state index in [-0.39, 0.29) is 5.78 Å². The fourth-order valence-corrected chi connectivity index (χ4v) is 2.67. The largest absolute Gasteiger partial charge is 0.292 e. The number of Topliss-reactive ketones (excluding diaryl/α,β-unsaturated/α-hetero) is 1. The lowest BCUT2D eigenvalue weighted by Gasteiger charge is -2.08. The highest BCUT2D eigenvalue weighted by Gasteiger charge is 2.22. The highest BCUT2D eigenvalue weighted by molar-refractivity contribution is 7.10. The smallest absolute Gasteiger partial charge is 0.185 e. The molecule has 0 aliphatic heterocycles. The van der Waals surface area contributed by atoms with Crippen molar-refractivity contribution < 1.29 is 4.79 Å². The van der Waals surface area contributed by atoms with Gasteiger partial charge in [0.1, 0.15) is 5.92 Å². The van der Waals surface area contributed by atoms with E-state index in [0.29, 0.717) is 11.5 Å². The number of carbonyl (C=O) groups is 1. The van der Waals surface area contributed by atoms with Crippen molar-refractivity contribution in [2.75, 3.05) is 0 Å². The standard InChI is InChI=1S/C16H15NOS/c1-11(2)12-5-7-13(8-6-12)16(18)14(10-17)15-4-3-9-19-15/h3-9,11,14H,1-2H3. The van der Waals surface area contributed by atoms with Crippen LogP contribution in [0.3, 0.4) is 0 Å². The van der Waals surface area contributed by atoms with Crippen molar-refractivity contribution in [3.05, 3.63) is 57.8 Å². The zero-order chi connectivity index (χ0) is 13.8. The minimum atomic E-state index is -0.690. The van der Waals surface area contributed by atoms with Gasteiger partial charge in [0.05, 0.1) is 6.07 Å². The Labute approximate surface area is 117 Å². The molecule has 1 aromatic carbocycles. The molecule has 1 atom stereocenters. The molecule has 0 spiro atoms. The maximum Gasteiger partial charge on any atom is 0.185 e. The minimum absolute atomic E-state index is 0.125. The predicted octanol–water partition coefficient (Wildman–Crippen LogP) is 4.36. The van der Waals surface area contributed by atoms with Gasteiger partial charge in [-0.15, -0.1) is 11.3 Å². The molecule has 0 bridgehead atoms. The van der Waals surface area contributed by atoms with E-state index in [9.17, 15) is 10.1 Å². The Kier molecular flexibility index (Phi) is 4.13. The van der Waals surface area contributed by atoms with E-state index < -0.39 is 5.92 Å². The lowest BCUT2D eigenvalue weighted by molar-refractivity contribution is 0.0980. The zero-order valence-corrected chi connectivity index (χ0v) is 11.8. The second-order valence-corrected chi connectivity index (χ2v) is 5.70. The van der Waals surface area contributed by atoms with Gasteiger partial charge in [-0.2, -0.15) is 5.26 Å². The average Bonchev–Trinajstić information content (AvgIpc) is 2.93.